The summed E-state index contributed by atoms with van der Waals surface area (Å²) in [5.74, 6) is 0.471. The Bertz CT molecular complexity index is 1040. The van der Waals surface area contributed by atoms with Crippen molar-refractivity contribution in [1.82, 2.24) is 24.3 Å². The van der Waals surface area contributed by atoms with Crippen molar-refractivity contribution in [3.05, 3.63) is 34.9 Å². The number of nitrogens with zero attached hydrogens (tertiary/aromatic N) is 5. The summed E-state index contributed by atoms with van der Waals surface area (Å²) >= 11 is 0. The summed E-state index contributed by atoms with van der Waals surface area (Å²) in [5.41, 5.74) is -0.361. The summed E-state index contributed by atoms with van der Waals surface area (Å²) in [5, 5.41) is 4.11. The summed E-state index contributed by atoms with van der Waals surface area (Å²) in [7, 11) is -1.91. The lowest BCUT2D eigenvalue weighted by molar-refractivity contribution is -0.225. The van der Waals surface area contributed by atoms with E-state index in [-0.39, 0.29) is 23.5 Å². The van der Waals surface area contributed by atoms with Gasteiger partial charge in [-0.05, 0) is 44.3 Å². The Morgan fingerprint density at radius 1 is 1.19 bits per heavy atom. The van der Waals surface area contributed by atoms with E-state index in [0.29, 0.717) is 5.82 Å². The summed E-state index contributed by atoms with van der Waals surface area (Å²) < 4.78 is 23.6. The van der Waals surface area contributed by atoms with Gasteiger partial charge < -0.3 is 13.9 Å². The molecule has 1 unspecified atom stereocenters. The van der Waals surface area contributed by atoms with Crippen LogP contribution >= 0.6 is 0 Å². The molecule has 1 aliphatic carbocycles. The second kappa shape index (κ2) is 7.58. The van der Waals surface area contributed by atoms with Crippen LogP contribution in [0.1, 0.15) is 58.7 Å². The Kier molecular flexibility index (Phi) is 5.19. The van der Waals surface area contributed by atoms with Crippen molar-refractivity contribution in [3.63, 3.8) is 0 Å². The molecule has 3 fully saturated rings. The zero-order chi connectivity index (χ0) is 22.7. The molecule has 2 bridgehead atoms. The highest BCUT2D eigenvalue weighted by Crippen LogP contribution is 2.66. The van der Waals surface area contributed by atoms with Gasteiger partial charge in [-0.25, -0.2) is 14.5 Å². The van der Waals surface area contributed by atoms with Crippen molar-refractivity contribution in [1.29, 1.82) is 0 Å². The first-order valence-electron chi connectivity index (χ1n) is 11.9. The van der Waals surface area contributed by atoms with Crippen LogP contribution in [0.25, 0.3) is 5.82 Å². The number of fused-ring (bicyclic) bond motifs is 3. The van der Waals surface area contributed by atoms with Crippen LogP contribution in [0.3, 0.4) is 0 Å². The fourth-order valence-corrected chi connectivity index (χ4v) is 8.67. The van der Waals surface area contributed by atoms with Gasteiger partial charge >= 0.3 is 5.69 Å². The highest BCUT2D eigenvalue weighted by atomic mass is 28.4. The van der Waals surface area contributed by atoms with Crippen molar-refractivity contribution < 1.29 is 13.9 Å². The van der Waals surface area contributed by atoms with Gasteiger partial charge in [-0.2, -0.15) is 10.1 Å². The van der Waals surface area contributed by atoms with Crippen molar-refractivity contribution in [3.8, 4) is 5.82 Å². The third kappa shape index (κ3) is 2.92. The first-order chi connectivity index (χ1) is 15.4. The van der Waals surface area contributed by atoms with Crippen LogP contribution < -0.4 is 5.69 Å². The van der Waals surface area contributed by atoms with E-state index >= 15 is 0 Å². The molecule has 32 heavy (non-hydrogen) atoms. The van der Waals surface area contributed by atoms with E-state index in [4.69, 9.17) is 13.9 Å². The SMILES string of the molecule is CC[C@]12O[C@@H](n3cc(C)c(-n4cncn4)nc3=O)[C@@H](OC13CC3)C2O[Si](CC)(CC)CC. The van der Waals surface area contributed by atoms with Crippen LogP contribution in [0, 0.1) is 6.92 Å². The van der Waals surface area contributed by atoms with Gasteiger partial charge in [-0.3, -0.25) is 4.57 Å². The van der Waals surface area contributed by atoms with Crippen LogP contribution in [0.4, 0.5) is 0 Å². The van der Waals surface area contributed by atoms with Crippen molar-refractivity contribution >= 4 is 8.32 Å². The summed E-state index contributed by atoms with van der Waals surface area (Å²) in [6.07, 6.45) is 6.50. The second-order valence-electron chi connectivity index (χ2n) is 9.39. The molecule has 1 spiro atoms. The van der Waals surface area contributed by atoms with Gasteiger partial charge in [0.1, 0.15) is 36.1 Å². The molecule has 0 N–H and O–H groups in total. The Labute approximate surface area is 189 Å². The average Bonchev–Trinajstić information content (AvgIpc) is 3.17. The molecule has 174 valence electrons. The monoisotopic (exact) mass is 459 g/mol. The highest BCUT2D eigenvalue weighted by Gasteiger charge is 2.78. The van der Waals surface area contributed by atoms with Gasteiger partial charge in [-0.1, -0.05) is 27.7 Å². The van der Waals surface area contributed by atoms with Gasteiger partial charge in [0.25, 0.3) is 0 Å². The molecule has 4 heterocycles. The van der Waals surface area contributed by atoms with Gasteiger partial charge in [0, 0.05) is 11.8 Å². The van der Waals surface area contributed by atoms with Crippen LogP contribution in [-0.4, -0.2) is 56.0 Å². The van der Waals surface area contributed by atoms with E-state index in [1.807, 2.05) is 6.92 Å². The third-order valence-corrected chi connectivity index (χ3v) is 12.7. The van der Waals surface area contributed by atoms with Gasteiger partial charge in [0.2, 0.25) is 0 Å². The first-order valence-corrected chi connectivity index (χ1v) is 14.4. The summed E-state index contributed by atoms with van der Waals surface area (Å²) in [6, 6.07) is 3.19. The van der Waals surface area contributed by atoms with Crippen molar-refractivity contribution in [2.75, 3.05) is 0 Å². The number of aryl methyl sites for hydroxylation is 1. The van der Waals surface area contributed by atoms with Crippen molar-refractivity contribution in [2.45, 2.75) is 102 Å². The lowest BCUT2D eigenvalue weighted by atomic mass is 9.88. The normalized spacial score (nSPS) is 30.3. The molecule has 0 radical (unpaired) electrons. The Hall–Kier alpha value is -1.88. The van der Waals surface area contributed by atoms with Crippen LogP contribution in [0.2, 0.25) is 18.1 Å². The first kappa shape index (κ1) is 21.9. The topological polar surface area (TPSA) is 93.3 Å². The molecule has 2 aromatic rings. The second-order valence-corrected chi connectivity index (χ2v) is 14.1. The third-order valence-electron chi connectivity index (χ3n) is 8.06. The molecule has 0 amide bonds. The number of hydrogen-bond donors (Lipinski definition) is 0. The fraction of sp³-hybridized carbons (Fsp3) is 0.727. The maximum absolute atomic E-state index is 13.1. The Balaban J connectivity index is 1.54. The molecule has 4 atom stereocenters. The zero-order valence-electron chi connectivity index (χ0n) is 19.6. The molecule has 10 heteroatoms. The fourth-order valence-electron chi connectivity index (χ4n) is 5.81. The summed E-state index contributed by atoms with van der Waals surface area (Å²) in [4.78, 5) is 21.4. The summed E-state index contributed by atoms with van der Waals surface area (Å²) in [6.45, 7) is 10.8. The van der Waals surface area contributed by atoms with Crippen LogP contribution in [-0.2, 0) is 13.9 Å². The number of rotatable bonds is 8. The predicted octanol–water partition coefficient (Wildman–Crippen LogP) is 3.13. The maximum Gasteiger partial charge on any atom is 0.351 e. The number of hydrogen-bond acceptors (Lipinski definition) is 7. The minimum atomic E-state index is -1.91. The van der Waals surface area contributed by atoms with Gasteiger partial charge in [0.15, 0.2) is 20.4 Å². The standard InChI is InChI=1S/C22H33N5O4Si/c1-6-22-17(31-32(7-2,8-3)9-4)16(29-21(22)10-11-21)19(30-22)26-12-15(5)18(25-20(26)28)27-14-23-13-24-27/h12-14,16-17,19H,6-11H2,1-5H3/t16-,17?,19+,22+/m0/s1. The lowest BCUT2D eigenvalue weighted by Gasteiger charge is -2.40. The van der Waals surface area contributed by atoms with Gasteiger partial charge in [-0.15, -0.1) is 0 Å². The molecule has 3 aliphatic rings. The zero-order valence-corrected chi connectivity index (χ0v) is 20.6. The van der Waals surface area contributed by atoms with E-state index in [1.54, 1.807) is 10.8 Å². The molecule has 2 aliphatic heterocycles. The number of ether oxygens (including phenoxy) is 2. The minimum absolute atomic E-state index is 0.159. The molecular weight excluding hydrogens is 426 g/mol. The smallest absolute Gasteiger partial charge is 0.351 e. The van der Waals surface area contributed by atoms with E-state index in [0.717, 1.165) is 43.0 Å². The Morgan fingerprint density at radius 3 is 2.47 bits per heavy atom. The van der Waals surface area contributed by atoms with Crippen LogP contribution in [0.5, 0.6) is 0 Å². The molecule has 2 saturated heterocycles. The molecule has 1 saturated carbocycles. The molecule has 9 nitrogen and oxygen atoms in total. The largest absolute Gasteiger partial charge is 0.408 e. The van der Waals surface area contributed by atoms with Crippen molar-refractivity contribution in [2.24, 2.45) is 0 Å². The van der Waals surface area contributed by atoms with E-state index < -0.39 is 20.1 Å². The molecule has 5 rings (SSSR count). The maximum atomic E-state index is 13.1. The molecular formula is C22H33N5O4Si. The molecule has 0 aromatic carbocycles. The highest BCUT2D eigenvalue weighted by molar-refractivity contribution is 6.73. The molecule has 2 aromatic heterocycles. The average molecular weight is 460 g/mol. The quantitative estimate of drug-likeness (QED) is 0.560. The van der Waals surface area contributed by atoms with E-state index in [9.17, 15) is 4.79 Å². The minimum Gasteiger partial charge on any atom is -0.408 e. The lowest BCUT2D eigenvalue weighted by Crippen LogP contribution is -2.53. The van der Waals surface area contributed by atoms with Gasteiger partial charge in [0.05, 0.1) is 0 Å². The number of aromatic nitrogens is 5. The van der Waals surface area contributed by atoms with E-state index in [2.05, 4.69) is 42.8 Å². The predicted molar refractivity (Wildman–Crippen MR) is 120 cm³/mol. The van der Waals surface area contributed by atoms with Crippen LogP contribution in [0.15, 0.2) is 23.6 Å². The van der Waals surface area contributed by atoms with E-state index in [1.165, 1.54) is 17.3 Å². The Morgan fingerprint density at radius 2 is 1.91 bits per heavy atom.